The summed E-state index contributed by atoms with van der Waals surface area (Å²) in [5, 5.41) is 11.4. The van der Waals surface area contributed by atoms with Crippen molar-refractivity contribution in [3.8, 4) is 0 Å². The molecule has 20 heavy (non-hydrogen) atoms. The lowest BCUT2D eigenvalue weighted by atomic mass is 10.1. The first-order chi connectivity index (χ1) is 9.49. The summed E-state index contributed by atoms with van der Waals surface area (Å²) in [4.78, 5) is 36.1. The number of nitrogens with zero attached hydrogens (tertiary/aromatic N) is 1. The van der Waals surface area contributed by atoms with Crippen LogP contribution in [0.2, 0.25) is 0 Å². The number of para-hydroxylation sites is 2. The Bertz CT molecular complexity index is 556. The quantitative estimate of drug-likeness (QED) is 0.878. The molecule has 1 atom stereocenters. The van der Waals surface area contributed by atoms with Crippen molar-refractivity contribution in [3.05, 3.63) is 24.3 Å². The minimum absolute atomic E-state index is 0.0812. The highest BCUT2D eigenvalue weighted by Crippen LogP contribution is 2.31. The minimum atomic E-state index is -1.01. The number of hydrogen-bond donors (Lipinski definition) is 2. The maximum Gasteiger partial charge on any atom is 0.303 e. The molecule has 0 spiro atoms. The van der Waals surface area contributed by atoms with E-state index in [9.17, 15) is 14.4 Å². The first-order valence-corrected chi connectivity index (χ1v) is 6.42. The molecule has 2 N–H and O–H groups in total. The van der Waals surface area contributed by atoms with Gasteiger partial charge in [0.1, 0.15) is 0 Å². The number of carbonyl (C=O) groups is 3. The Balaban J connectivity index is 2.32. The second-order valence-corrected chi connectivity index (χ2v) is 4.78. The first-order valence-electron chi connectivity index (χ1n) is 6.42. The van der Waals surface area contributed by atoms with Gasteiger partial charge in [0.25, 0.3) is 0 Å². The molecule has 1 aliphatic rings. The van der Waals surface area contributed by atoms with Gasteiger partial charge in [-0.2, -0.15) is 0 Å². The summed E-state index contributed by atoms with van der Waals surface area (Å²) in [5.41, 5.74) is 1.19. The lowest BCUT2D eigenvalue weighted by Crippen LogP contribution is -2.39. The predicted molar refractivity (Wildman–Crippen MR) is 73.5 cm³/mol. The van der Waals surface area contributed by atoms with Crippen LogP contribution in [0.3, 0.4) is 0 Å². The van der Waals surface area contributed by atoms with Gasteiger partial charge >= 0.3 is 5.97 Å². The summed E-state index contributed by atoms with van der Waals surface area (Å²) in [5.74, 6) is -1.45. The summed E-state index contributed by atoms with van der Waals surface area (Å²) in [7, 11) is 0. The highest BCUT2D eigenvalue weighted by molar-refractivity contribution is 6.04. The molecule has 0 bridgehead atoms. The number of amides is 2. The molecule has 0 unspecified atom stereocenters. The maximum atomic E-state index is 12.3. The molecule has 6 nitrogen and oxygen atoms in total. The highest BCUT2D eigenvalue weighted by atomic mass is 16.4. The van der Waals surface area contributed by atoms with E-state index in [1.54, 1.807) is 31.2 Å². The van der Waals surface area contributed by atoms with Gasteiger partial charge in [0.15, 0.2) is 0 Å². The Morgan fingerprint density at radius 3 is 2.75 bits per heavy atom. The normalized spacial score (nSPS) is 17.9. The fourth-order valence-corrected chi connectivity index (χ4v) is 2.30. The van der Waals surface area contributed by atoms with Crippen LogP contribution < -0.4 is 10.2 Å². The fourth-order valence-electron chi connectivity index (χ4n) is 2.30. The van der Waals surface area contributed by atoms with Crippen LogP contribution in [0.1, 0.15) is 26.2 Å². The van der Waals surface area contributed by atoms with Crippen LogP contribution in [-0.4, -0.2) is 28.9 Å². The van der Waals surface area contributed by atoms with Gasteiger partial charge in [-0.3, -0.25) is 14.4 Å². The van der Waals surface area contributed by atoms with Gasteiger partial charge in [0, 0.05) is 18.9 Å². The smallest absolute Gasteiger partial charge is 0.303 e. The zero-order chi connectivity index (χ0) is 14.7. The second kappa shape index (κ2) is 5.73. The average molecular weight is 276 g/mol. The Labute approximate surface area is 116 Å². The van der Waals surface area contributed by atoms with Crippen LogP contribution in [0.5, 0.6) is 0 Å². The van der Waals surface area contributed by atoms with E-state index in [0.717, 1.165) is 0 Å². The van der Waals surface area contributed by atoms with Gasteiger partial charge in [0.2, 0.25) is 11.8 Å². The number of rotatable bonds is 3. The van der Waals surface area contributed by atoms with Crippen LogP contribution >= 0.6 is 0 Å². The number of anilines is 2. The number of fused-ring (bicyclic) bond motifs is 1. The van der Waals surface area contributed by atoms with Crippen molar-refractivity contribution in [1.82, 2.24) is 0 Å². The number of nitrogens with one attached hydrogen (secondary N) is 1. The molecule has 1 aromatic rings. The molecule has 1 aromatic carbocycles. The zero-order valence-corrected chi connectivity index (χ0v) is 11.1. The van der Waals surface area contributed by atoms with E-state index >= 15 is 0 Å². The molecule has 0 saturated carbocycles. The van der Waals surface area contributed by atoms with Crippen molar-refractivity contribution in [2.24, 2.45) is 0 Å². The summed E-state index contributed by atoms with van der Waals surface area (Å²) in [6.07, 6.45) is -0.110. The molecule has 2 amide bonds. The molecule has 0 saturated heterocycles. The van der Waals surface area contributed by atoms with Gasteiger partial charge in [-0.1, -0.05) is 12.1 Å². The molecular formula is C14H16N2O4. The molecule has 0 radical (unpaired) electrons. The monoisotopic (exact) mass is 276 g/mol. The Hall–Kier alpha value is -2.37. The SMILES string of the molecule is C[C@H]1CC(=O)Nc2ccccc2N1C(=O)CCC(=O)O. The average Bonchev–Trinajstić information content (AvgIpc) is 2.50. The van der Waals surface area contributed by atoms with Crippen molar-refractivity contribution < 1.29 is 19.5 Å². The Morgan fingerprint density at radius 2 is 2.05 bits per heavy atom. The fraction of sp³-hybridized carbons (Fsp3) is 0.357. The third-order valence-electron chi connectivity index (χ3n) is 3.18. The lowest BCUT2D eigenvalue weighted by molar-refractivity contribution is -0.138. The number of carboxylic acid groups (broad SMARTS) is 1. The van der Waals surface area contributed by atoms with Crippen LogP contribution in [-0.2, 0) is 14.4 Å². The van der Waals surface area contributed by atoms with Gasteiger partial charge in [0.05, 0.1) is 17.8 Å². The molecule has 106 valence electrons. The summed E-state index contributed by atoms with van der Waals surface area (Å²) in [6.45, 7) is 1.78. The van der Waals surface area contributed by atoms with Crippen molar-refractivity contribution in [1.29, 1.82) is 0 Å². The molecule has 2 rings (SSSR count). The molecular weight excluding hydrogens is 260 g/mol. The number of benzene rings is 1. The summed E-state index contributed by atoms with van der Waals surface area (Å²) < 4.78 is 0. The molecule has 6 heteroatoms. The molecule has 0 aliphatic carbocycles. The standard InChI is InChI=1S/C14H16N2O4/c1-9-8-12(17)15-10-4-2-3-5-11(10)16(9)13(18)6-7-14(19)20/h2-5,9H,6-8H2,1H3,(H,15,17)(H,19,20)/t9-/m0/s1. The van der Waals surface area contributed by atoms with Crippen molar-refractivity contribution >= 4 is 29.2 Å². The third-order valence-corrected chi connectivity index (χ3v) is 3.18. The zero-order valence-electron chi connectivity index (χ0n) is 11.1. The largest absolute Gasteiger partial charge is 0.481 e. The van der Waals surface area contributed by atoms with Crippen LogP contribution in [0.4, 0.5) is 11.4 Å². The number of aliphatic carboxylic acids is 1. The van der Waals surface area contributed by atoms with E-state index in [2.05, 4.69) is 5.32 Å². The summed E-state index contributed by atoms with van der Waals surface area (Å²) >= 11 is 0. The first kappa shape index (κ1) is 14.0. The Morgan fingerprint density at radius 1 is 1.35 bits per heavy atom. The van der Waals surface area contributed by atoms with Crippen LogP contribution in [0.15, 0.2) is 24.3 Å². The topological polar surface area (TPSA) is 86.7 Å². The van der Waals surface area contributed by atoms with Gasteiger partial charge in [-0.05, 0) is 19.1 Å². The van der Waals surface area contributed by atoms with Crippen LogP contribution in [0.25, 0.3) is 0 Å². The summed E-state index contributed by atoms with van der Waals surface area (Å²) in [6, 6.07) is 6.72. The van der Waals surface area contributed by atoms with E-state index in [4.69, 9.17) is 5.11 Å². The highest BCUT2D eigenvalue weighted by Gasteiger charge is 2.29. The van der Waals surface area contributed by atoms with E-state index in [-0.39, 0.29) is 37.1 Å². The lowest BCUT2D eigenvalue weighted by Gasteiger charge is -2.27. The molecule has 1 aliphatic heterocycles. The number of carboxylic acids is 1. The molecule has 1 heterocycles. The van der Waals surface area contributed by atoms with Gasteiger partial charge in [-0.15, -0.1) is 0 Å². The van der Waals surface area contributed by atoms with Crippen molar-refractivity contribution in [2.75, 3.05) is 10.2 Å². The predicted octanol–water partition coefficient (Wildman–Crippen LogP) is 1.62. The van der Waals surface area contributed by atoms with Gasteiger partial charge in [-0.25, -0.2) is 0 Å². The van der Waals surface area contributed by atoms with Crippen LogP contribution in [0, 0.1) is 0 Å². The maximum absolute atomic E-state index is 12.3. The van der Waals surface area contributed by atoms with Gasteiger partial charge < -0.3 is 15.3 Å². The van der Waals surface area contributed by atoms with E-state index in [1.165, 1.54) is 4.90 Å². The molecule has 0 fully saturated rings. The second-order valence-electron chi connectivity index (χ2n) is 4.78. The number of carbonyl (C=O) groups excluding carboxylic acids is 2. The van der Waals surface area contributed by atoms with Crippen molar-refractivity contribution in [2.45, 2.75) is 32.2 Å². The van der Waals surface area contributed by atoms with E-state index in [0.29, 0.717) is 11.4 Å². The number of hydrogen-bond acceptors (Lipinski definition) is 3. The third kappa shape index (κ3) is 2.96. The van der Waals surface area contributed by atoms with E-state index < -0.39 is 5.97 Å². The van der Waals surface area contributed by atoms with Crippen molar-refractivity contribution in [3.63, 3.8) is 0 Å². The van der Waals surface area contributed by atoms with E-state index in [1.807, 2.05) is 0 Å². The Kier molecular flexibility index (Phi) is 4.02. The minimum Gasteiger partial charge on any atom is -0.481 e. The molecule has 0 aromatic heterocycles.